The smallest absolute Gasteiger partial charge is 0.407 e. The van der Waals surface area contributed by atoms with Crippen LogP contribution in [-0.4, -0.2) is 41.7 Å². The molecule has 158 valence electrons. The van der Waals surface area contributed by atoms with Crippen molar-refractivity contribution in [2.24, 2.45) is 11.7 Å². The molecule has 0 aliphatic carbocycles. The number of piperidine rings is 1. The number of likely N-dealkylation sites (tertiary alicyclic amines) is 1. The maximum atomic E-state index is 12.6. The minimum absolute atomic E-state index is 0.00911. The number of nitrogens with zero attached hydrogens (tertiary/aromatic N) is 2. The highest BCUT2D eigenvalue weighted by molar-refractivity contribution is 5.86. The van der Waals surface area contributed by atoms with Gasteiger partial charge < -0.3 is 20.7 Å². The number of alkyl halides is 3. The molecule has 2 rings (SSSR count). The molecule has 3 N–H and O–H groups in total. The molecule has 0 saturated carbocycles. The molecule has 0 radical (unpaired) electrons. The fraction of sp³-hybridized carbons (Fsp3) is 0.526. The van der Waals surface area contributed by atoms with Crippen molar-refractivity contribution >= 4 is 17.5 Å². The van der Waals surface area contributed by atoms with Crippen LogP contribution in [0.25, 0.3) is 4.85 Å². The molecule has 29 heavy (non-hydrogen) atoms. The first kappa shape index (κ1) is 22.5. The Morgan fingerprint density at radius 1 is 1.38 bits per heavy atom. The molecule has 1 saturated heterocycles. The highest BCUT2D eigenvalue weighted by atomic mass is 19.4. The second-order valence-electron chi connectivity index (χ2n) is 7.48. The Balaban J connectivity index is 2.05. The standard InChI is InChI=1S/C19H23F3N4O3/c1-18(2,23)17(28)26-8-4-5-13(11-26)16(27)25-10-12-6-7-14(24-3)9-15(12)29-19(20,21)22/h6-7,9,13H,4-5,8,10-11,23H2,1-2H3,(H,25,27)/t13-/m1/s1. The fourth-order valence-corrected chi connectivity index (χ4v) is 3.09. The van der Waals surface area contributed by atoms with E-state index in [2.05, 4.69) is 14.9 Å². The van der Waals surface area contributed by atoms with E-state index in [1.807, 2.05) is 0 Å². The lowest BCUT2D eigenvalue weighted by Gasteiger charge is -2.35. The summed E-state index contributed by atoms with van der Waals surface area (Å²) in [6.45, 7) is 10.6. The molecule has 1 aliphatic heterocycles. The van der Waals surface area contributed by atoms with E-state index in [-0.39, 0.29) is 36.2 Å². The van der Waals surface area contributed by atoms with Gasteiger partial charge in [0.05, 0.1) is 18.0 Å². The third-order valence-electron chi connectivity index (χ3n) is 4.49. The average molecular weight is 412 g/mol. The van der Waals surface area contributed by atoms with Gasteiger partial charge >= 0.3 is 6.36 Å². The van der Waals surface area contributed by atoms with E-state index < -0.39 is 23.6 Å². The van der Waals surface area contributed by atoms with E-state index in [4.69, 9.17) is 12.3 Å². The van der Waals surface area contributed by atoms with Gasteiger partial charge in [-0.15, -0.1) is 13.2 Å². The van der Waals surface area contributed by atoms with Gasteiger partial charge in [-0.05, 0) is 32.8 Å². The first-order chi connectivity index (χ1) is 13.4. The Morgan fingerprint density at radius 2 is 2.07 bits per heavy atom. The number of benzene rings is 1. The van der Waals surface area contributed by atoms with Crippen LogP contribution >= 0.6 is 0 Å². The summed E-state index contributed by atoms with van der Waals surface area (Å²) in [4.78, 5) is 29.5. The summed E-state index contributed by atoms with van der Waals surface area (Å²) in [6.07, 6.45) is -3.73. The van der Waals surface area contributed by atoms with Crippen LogP contribution in [0.5, 0.6) is 5.75 Å². The van der Waals surface area contributed by atoms with Crippen LogP contribution in [0.3, 0.4) is 0 Å². The van der Waals surface area contributed by atoms with Crippen molar-refractivity contribution in [2.75, 3.05) is 13.1 Å². The van der Waals surface area contributed by atoms with Crippen molar-refractivity contribution < 1.29 is 27.5 Å². The van der Waals surface area contributed by atoms with Crippen LogP contribution in [0, 0.1) is 12.5 Å². The monoisotopic (exact) mass is 412 g/mol. The Kier molecular flexibility index (Phi) is 6.74. The van der Waals surface area contributed by atoms with E-state index in [1.54, 1.807) is 13.8 Å². The van der Waals surface area contributed by atoms with Crippen molar-refractivity contribution in [1.82, 2.24) is 10.2 Å². The summed E-state index contributed by atoms with van der Waals surface area (Å²) >= 11 is 0. The highest BCUT2D eigenvalue weighted by Crippen LogP contribution is 2.30. The fourth-order valence-electron chi connectivity index (χ4n) is 3.09. The zero-order valence-corrected chi connectivity index (χ0v) is 16.2. The first-order valence-corrected chi connectivity index (χ1v) is 9.03. The Morgan fingerprint density at radius 3 is 2.66 bits per heavy atom. The second-order valence-corrected chi connectivity index (χ2v) is 7.48. The van der Waals surface area contributed by atoms with E-state index >= 15 is 0 Å². The molecule has 1 fully saturated rings. The van der Waals surface area contributed by atoms with Gasteiger partial charge in [0.2, 0.25) is 11.8 Å². The summed E-state index contributed by atoms with van der Waals surface area (Å²) in [6, 6.07) is 3.64. The summed E-state index contributed by atoms with van der Waals surface area (Å²) in [5.41, 5.74) is 4.87. The molecule has 2 amide bonds. The number of nitrogens with two attached hydrogens (primary N) is 1. The molecule has 1 atom stereocenters. The van der Waals surface area contributed by atoms with Gasteiger partial charge in [0, 0.05) is 25.2 Å². The number of nitrogens with one attached hydrogen (secondary N) is 1. The lowest BCUT2D eigenvalue weighted by molar-refractivity contribution is -0.274. The van der Waals surface area contributed by atoms with Crippen LogP contribution in [0.1, 0.15) is 32.3 Å². The average Bonchev–Trinajstić information content (AvgIpc) is 2.64. The quantitative estimate of drug-likeness (QED) is 0.728. The van der Waals surface area contributed by atoms with Gasteiger partial charge in [-0.2, -0.15) is 0 Å². The second kappa shape index (κ2) is 8.69. The zero-order valence-electron chi connectivity index (χ0n) is 16.2. The number of hydrogen-bond donors (Lipinski definition) is 2. The molecule has 1 aromatic rings. The predicted octanol–water partition coefficient (Wildman–Crippen LogP) is 2.73. The van der Waals surface area contributed by atoms with Gasteiger partial charge in [0.1, 0.15) is 5.75 Å². The van der Waals surface area contributed by atoms with Gasteiger partial charge in [-0.1, -0.05) is 12.1 Å². The SMILES string of the molecule is [C-]#[N+]c1ccc(CNC(=O)[C@@H]2CCCN(C(=O)C(C)(C)N)C2)c(OC(F)(F)F)c1. The van der Waals surface area contributed by atoms with Gasteiger partial charge in [0.25, 0.3) is 0 Å². The molecule has 1 aromatic carbocycles. The maximum Gasteiger partial charge on any atom is 0.573 e. The topological polar surface area (TPSA) is 89.0 Å². The molecule has 1 aliphatic rings. The molecule has 10 heteroatoms. The van der Waals surface area contributed by atoms with Crippen LogP contribution < -0.4 is 15.8 Å². The Hall–Kier alpha value is -2.80. The number of amides is 2. The van der Waals surface area contributed by atoms with Gasteiger partial charge in [-0.3, -0.25) is 9.59 Å². The molecule has 1 heterocycles. The minimum Gasteiger partial charge on any atom is -0.407 e. The lowest BCUT2D eigenvalue weighted by atomic mass is 9.94. The maximum absolute atomic E-state index is 12.6. The van der Waals surface area contributed by atoms with Crippen LogP contribution in [0.4, 0.5) is 18.9 Å². The number of carbonyl (C=O) groups excluding carboxylic acids is 2. The first-order valence-electron chi connectivity index (χ1n) is 9.03. The summed E-state index contributed by atoms with van der Waals surface area (Å²) < 4.78 is 41.9. The third-order valence-corrected chi connectivity index (χ3v) is 4.49. The molecule has 0 spiro atoms. The molecule has 0 unspecified atom stereocenters. The van der Waals surface area contributed by atoms with E-state index in [0.717, 1.165) is 6.07 Å². The van der Waals surface area contributed by atoms with Crippen LogP contribution in [0.2, 0.25) is 0 Å². The van der Waals surface area contributed by atoms with E-state index in [1.165, 1.54) is 17.0 Å². The largest absolute Gasteiger partial charge is 0.573 e. The van der Waals surface area contributed by atoms with Gasteiger partial charge in [-0.25, -0.2) is 4.85 Å². The molecule has 0 aromatic heterocycles. The number of ether oxygens (including phenoxy) is 1. The van der Waals surface area contributed by atoms with Crippen LogP contribution in [0.15, 0.2) is 18.2 Å². The summed E-state index contributed by atoms with van der Waals surface area (Å²) in [5, 5.41) is 2.60. The molecule has 0 bridgehead atoms. The number of halogens is 3. The van der Waals surface area contributed by atoms with Crippen LogP contribution in [-0.2, 0) is 16.1 Å². The summed E-state index contributed by atoms with van der Waals surface area (Å²) in [5.74, 6) is -1.64. The summed E-state index contributed by atoms with van der Waals surface area (Å²) in [7, 11) is 0. The van der Waals surface area contributed by atoms with Crippen molar-refractivity contribution in [1.29, 1.82) is 0 Å². The minimum atomic E-state index is -4.92. The Labute approximate surface area is 166 Å². The van der Waals surface area contributed by atoms with Gasteiger partial charge in [0.15, 0.2) is 5.69 Å². The number of hydrogen-bond acceptors (Lipinski definition) is 4. The van der Waals surface area contributed by atoms with Crippen molar-refractivity contribution in [2.45, 2.75) is 45.1 Å². The number of carbonyl (C=O) groups is 2. The third kappa shape index (κ3) is 6.35. The van der Waals surface area contributed by atoms with E-state index in [0.29, 0.717) is 19.4 Å². The highest BCUT2D eigenvalue weighted by Gasteiger charge is 2.34. The van der Waals surface area contributed by atoms with Crippen molar-refractivity contribution in [3.05, 3.63) is 35.2 Å². The number of rotatable bonds is 5. The van der Waals surface area contributed by atoms with Crippen molar-refractivity contribution in [3.63, 3.8) is 0 Å². The Bertz CT molecular complexity index is 812. The van der Waals surface area contributed by atoms with E-state index in [9.17, 15) is 22.8 Å². The predicted molar refractivity (Wildman–Crippen MR) is 98.8 cm³/mol. The lowest BCUT2D eigenvalue weighted by Crippen LogP contribution is -2.55. The normalized spacial score (nSPS) is 17.4. The molecular formula is C19H23F3N4O3. The zero-order chi connectivity index (χ0) is 21.8. The molecule has 7 nitrogen and oxygen atoms in total. The molecular weight excluding hydrogens is 389 g/mol. The van der Waals surface area contributed by atoms with Crippen molar-refractivity contribution in [3.8, 4) is 5.75 Å².